The fraction of sp³-hybridized carbons (Fsp3) is 0.321. The number of allylic oxidation sites excluding steroid dienone is 1. The van der Waals surface area contributed by atoms with Crippen LogP contribution >= 0.6 is 0 Å². The second kappa shape index (κ2) is 11.2. The molecule has 1 saturated carbocycles. The number of hydrogen-bond donors (Lipinski definition) is 1. The van der Waals surface area contributed by atoms with E-state index in [-0.39, 0.29) is 40.2 Å². The van der Waals surface area contributed by atoms with Gasteiger partial charge in [-0.1, -0.05) is 42.8 Å². The number of benzene rings is 2. The van der Waals surface area contributed by atoms with Crippen LogP contribution in [0.25, 0.3) is 0 Å². The van der Waals surface area contributed by atoms with E-state index in [2.05, 4.69) is 6.07 Å². The summed E-state index contributed by atoms with van der Waals surface area (Å²) < 4.78 is 31.4. The van der Waals surface area contributed by atoms with Gasteiger partial charge in [-0.3, -0.25) is 4.90 Å². The van der Waals surface area contributed by atoms with Crippen molar-refractivity contribution in [1.82, 2.24) is 0 Å². The van der Waals surface area contributed by atoms with Gasteiger partial charge in [-0.2, -0.15) is 5.26 Å². The van der Waals surface area contributed by atoms with Gasteiger partial charge < -0.3 is 19.9 Å². The zero-order valence-corrected chi connectivity index (χ0v) is 20.7. The smallest absolute Gasteiger partial charge is 0.355 e. The second-order valence-corrected chi connectivity index (χ2v) is 8.80. The number of hydrogen-bond acceptors (Lipinski definition) is 8. The van der Waals surface area contributed by atoms with Crippen LogP contribution in [0.4, 0.5) is 10.1 Å². The first-order valence-corrected chi connectivity index (χ1v) is 12.0. The maximum absolute atomic E-state index is 15.2. The minimum atomic E-state index is -1.01. The lowest BCUT2D eigenvalue weighted by atomic mass is 9.81. The lowest BCUT2D eigenvalue weighted by Crippen LogP contribution is -2.41. The highest BCUT2D eigenvalue weighted by Crippen LogP contribution is 2.46. The van der Waals surface area contributed by atoms with E-state index in [0.717, 1.165) is 44.1 Å². The van der Waals surface area contributed by atoms with E-state index in [1.54, 1.807) is 30.3 Å². The summed E-state index contributed by atoms with van der Waals surface area (Å²) in [5.41, 5.74) is 6.72. The molecule has 1 fully saturated rings. The summed E-state index contributed by atoms with van der Waals surface area (Å²) in [6.45, 7) is 0. The molecule has 37 heavy (non-hydrogen) atoms. The van der Waals surface area contributed by atoms with E-state index in [1.165, 1.54) is 25.3 Å². The van der Waals surface area contributed by atoms with E-state index in [0.29, 0.717) is 5.56 Å². The van der Waals surface area contributed by atoms with Crippen molar-refractivity contribution in [1.29, 1.82) is 5.26 Å². The second-order valence-electron chi connectivity index (χ2n) is 8.80. The number of methoxy groups -OCH3 is 2. The molecule has 1 heterocycles. The normalized spacial score (nSPS) is 18.3. The van der Waals surface area contributed by atoms with Crippen molar-refractivity contribution in [3.8, 4) is 11.8 Å². The van der Waals surface area contributed by atoms with Gasteiger partial charge in [0.25, 0.3) is 0 Å². The molecule has 4 rings (SSSR count). The number of nitriles is 1. The first kappa shape index (κ1) is 25.8. The number of carbonyl (C=O) groups is 2. The number of nitrogens with two attached hydrogens (primary N) is 1. The molecule has 2 N–H and O–H groups in total. The Morgan fingerprint density at radius 3 is 2.30 bits per heavy atom. The molecule has 8 nitrogen and oxygen atoms in total. The van der Waals surface area contributed by atoms with Crippen LogP contribution in [0.3, 0.4) is 0 Å². The molecule has 0 spiro atoms. The third-order valence-electron chi connectivity index (χ3n) is 6.63. The SMILES string of the molecule is COC(=O)C1=C(C(=O)OC)N(c2cccc(F)c2OC2CCCCC2)C(N)=C(C#N)C1c1ccccc1. The topological polar surface area (TPSA) is 115 Å². The van der Waals surface area contributed by atoms with Gasteiger partial charge >= 0.3 is 11.9 Å². The molecule has 2 aromatic carbocycles. The Kier molecular flexibility index (Phi) is 7.77. The molecule has 1 atom stereocenters. The van der Waals surface area contributed by atoms with Gasteiger partial charge in [0.1, 0.15) is 11.5 Å². The summed E-state index contributed by atoms with van der Waals surface area (Å²) in [5.74, 6) is -3.72. The lowest BCUT2D eigenvalue weighted by Gasteiger charge is -2.37. The third-order valence-corrected chi connectivity index (χ3v) is 6.63. The molecule has 9 heteroatoms. The zero-order chi connectivity index (χ0) is 26.5. The van der Waals surface area contributed by atoms with Gasteiger partial charge in [0.15, 0.2) is 11.6 Å². The fourth-order valence-corrected chi connectivity index (χ4v) is 4.90. The number of para-hydroxylation sites is 1. The van der Waals surface area contributed by atoms with E-state index in [9.17, 15) is 14.9 Å². The zero-order valence-electron chi connectivity index (χ0n) is 20.7. The quantitative estimate of drug-likeness (QED) is 0.573. The summed E-state index contributed by atoms with van der Waals surface area (Å²) in [6, 6.07) is 15.0. The first-order valence-electron chi connectivity index (χ1n) is 12.0. The molecule has 2 aliphatic rings. The molecular formula is C28H28FN3O5. The van der Waals surface area contributed by atoms with Crippen LogP contribution in [0.2, 0.25) is 0 Å². The average molecular weight is 506 g/mol. The molecule has 1 aliphatic carbocycles. The van der Waals surface area contributed by atoms with E-state index >= 15 is 4.39 Å². The lowest BCUT2D eigenvalue weighted by molar-refractivity contribution is -0.139. The maximum atomic E-state index is 15.2. The van der Waals surface area contributed by atoms with Gasteiger partial charge in [-0.25, -0.2) is 14.0 Å². The largest absolute Gasteiger partial charge is 0.485 e. The predicted octanol–water partition coefficient (Wildman–Crippen LogP) is 4.43. The van der Waals surface area contributed by atoms with E-state index in [1.807, 2.05) is 0 Å². The van der Waals surface area contributed by atoms with Crippen molar-refractivity contribution in [2.75, 3.05) is 19.1 Å². The van der Waals surface area contributed by atoms with Crippen molar-refractivity contribution in [3.63, 3.8) is 0 Å². The summed E-state index contributed by atoms with van der Waals surface area (Å²) in [6.07, 6.45) is 4.28. The van der Waals surface area contributed by atoms with E-state index < -0.39 is 23.7 Å². The number of carbonyl (C=O) groups excluding carboxylic acids is 2. The fourth-order valence-electron chi connectivity index (χ4n) is 4.90. The van der Waals surface area contributed by atoms with Crippen molar-refractivity contribution in [3.05, 3.63) is 82.6 Å². The van der Waals surface area contributed by atoms with Crippen LogP contribution in [0.5, 0.6) is 5.75 Å². The van der Waals surface area contributed by atoms with Crippen LogP contribution in [-0.2, 0) is 19.1 Å². The van der Waals surface area contributed by atoms with Gasteiger partial charge in [0.05, 0.1) is 49.1 Å². The van der Waals surface area contributed by atoms with Crippen molar-refractivity contribution < 1.29 is 28.2 Å². The molecule has 1 aliphatic heterocycles. The summed E-state index contributed by atoms with van der Waals surface area (Å²) in [7, 11) is 2.33. The Balaban J connectivity index is 2.00. The molecular weight excluding hydrogens is 477 g/mol. The van der Waals surface area contributed by atoms with Crippen LogP contribution in [0, 0.1) is 17.1 Å². The molecule has 2 aromatic rings. The number of ether oxygens (including phenoxy) is 3. The molecule has 0 radical (unpaired) electrons. The van der Waals surface area contributed by atoms with Crippen LogP contribution in [0.15, 0.2) is 71.2 Å². The Morgan fingerprint density at radius 1 is 1.00 bits per heavy atom. The number of anilines is 1. The highest BCUT2D eigenvalue weighted by atomic mass is 19.1. The Labute approximate surface area is 214 Å². The molecule has 192 valence electrons. The Bertz CT molecular complexity index is 1290. The molecule has 0 saturated heterocycles. The third kappa shape index (κ3) is 4.87. The molecule has 1 unspecified atom stereocenters. The van der Waals surface area contributed by atoms with Gasteiger partial charge in [-0.05, 0) is 43.4 Å². The summed E-state index contributed by atoms with van der Waals surface area (Å²) >= 11 is 0. The minimum absolute atomic E-state index is 0.00729. The minimum Gasteiger partial charge on any atom is -0.485 e. The van der Waals surface area contributed by atoms with Gasteiger partial charge in [0, 0.05) is 0 Å². The number of nitrogens with zero attached hydrogens (tertiary/aromatic N) is 2. The molecule has 0 amide bonds. The number of esters is 2. The molecule has 0 aromatic heterocycles. The average Bonchev–Trinajstić information content (AvgIpc) is 2.93. The highest BCUT2D eigenvalue weighted by Gasteiger charge is 2.44. The highest BCUT2D eigenvalue weighted by molar-refractivity contribution is 6.06. The van der Waals surface area contributed by atoms with Crippen LogP contribution in [-0.4, -0.2) is 32.3 Å². The first-order chi connectivity index (χ1) is 17.9. The standard InChI is InChI=1S/C28H28FN3O5/c1-35-27(33)23-22(17-10-5-3-6-11-17)19(16-30)26(31)32(24(23)28(34)36-2)21-15-9-14-20(29)25(21)37-18-12-7-4-8-13-18/h3,5-6,9-11,14-15,18,22H,4,7-8,12-13,31H2,1-2H3. The monoisotopic (exact) mass is 505 g/mol. The summed E-state index contributed by atoms with van der Waals surface area (Å²) in [5, 5.41) is 10.2. The van der Waals surface area contributed by atoms with E-state index in [4.69, 9.17) is 19.9 Å². The number of halogens is 1. The van der Waals surface area contributed by atoms with Gasteiger partial charge in [-0.15, -0.1) is 0 Å². The van der Waals surface area contributed by atoms with Gasteiger partial charge in [0.2, 0.25) is 0 Å². The van der Waals surface area contributed by atoms with Crippen LogP contribution in [0.1, 0.15) is 43.6 Å². The van der Waals surface area contributed by atoms with Crippen molar-refractivity contribution >= 4 is 17.6 Å². The Hall–Kier alpha value is -4.32. The van der Waals surface area contributed by atoms with Crippen LogP contribution < -0.4 is 15.4 Å². The maximum Gasteiger partial charge on any atom is 0.355 e. The predicted molar refractivity (Wildman–Crippen MR) is 133 cm³/mol. The Morgan fingerprint density at radius 2 is 1.68 bits per heavy atom. The number of rotatable bonds is 6. The van der Waals surface area contributed by atoms with Crippen molar-refractivity contribution in [2.45, 2.75) is 44.1 Å². The molecule has 0 bridgehead atoms. The van der Waals surface area contributed by atoms with Crippen molar-refractivity contribution in [2.24, 2.45) is 5.73 Å². The summed E-state index contributed by atoms with van der Waals surface area (Å²) in [4.78, 5) is 27.6.